The van der Waals surface area contributed by atoms with Crippen molar-refractivity contribution in [3.05, 3.63) is 201 Å². The van der Waals surface area contributed by atoms with Crippen molar-refractivity contribution in [1.82, 2.24) is 0 Å². The Labute approximate surface area is 292 Å². The van der Waals surface area contributed by atoms with E-state index in [1.165, 1.54) is 69.9 Å². The molecule has 2 aliphatic heterocycles. The van der Waals surface area contributed by atoms with E-state index in [0.29, 0.717) is 6.54 Å². The van der Waals surface area contributed by atoms with Crippen molar-refractivity contribution in [2.75, 3.05) is 6.54 Å². The molecule has 0 radical (unpaired) electrons. The van der Waals surface area contributed by atoms with E-state index in [4.69, 9.17) is 14.7 Å². The van der Waals surface area contributed by atoms with Gasteiger partial charge in [0, 0.05) is 32.3 Å². The topological polar surface area (TPSA) is 34.0 Å². The van der Waals surface area contributed by atoms with Gasteiger partial charge in [-0.15, -0.1) is 11.3 Å². The lowest BCUT2D eigenvalue weighted by Crippen LogP contribution is -2.32. The number of thiophene rings is 1. The summed E-state index contributed by atoms with van der Waals surface area (Å²) in [5, 5.41) is 4.65. The first kappa shape index (κ1) is 27.8. The standard InChI is InChI=1S/C46H28N2OS/c1-2-12-28(13-3-1)45-47-27-35(44-43(48-45)32-16-6-11-21-42(32)50-44)31-22-23-36-33(25-31)34-24-29-14-4-5-15-30(29)26-39(34)46(36)37-17-7-9-19-40(37)49-41-20-10-8-18-38(41)46/h1-26H,27H2. The van der Waals surface area contributed by atoms with Crippen molar-refractivity contribution < 1.29 is 4.74 Å². The zero-order valence-electron chi connectivity index (χ0n) is 26.9. The number of aliphatic imine (C=N–C) groups is 1. The highest BCUT2D eigenvalue weighted by Crippen LogP contribution is 2.62. The summed E-state index contributed by atoms with van der Waals surface area (Å²) in [6.45, 7) is 0.543. The summed E-state index contributed by atoms with van der Waals surface area (Å²) in [5.74, 6) is 2.58. The lowest BCUT2D eigenvalue weighted by Gasteiger charge is -2.39. The van der Waals surface area contributed by atoms with E-state index in [-0.39, 0.29) is 0 Å². The smallest absolute Gasteiger partial charge is 0.155 e. The van der Waals surface area contributed by atoms with Gasteiger partial charge in [-0.3, -0.25) is 4.99 Å². The zero-order valence-corrected chi connectivity index (χ0v) is 27.7. The normalized spacial score (nSPS) is 14.9. The number of nitrogens with zero attached hydrogens (tertiary/aromatic N) is 2. The maximum atomic E-state index is 6.60. The van der Waals surface area contributed by atoms with Crippen LogP contribution in [0.15, 0.2) is 168 Å². The van der Waals surface area contributed by atoms with E-state index in [1.807, 2.05) is 17.4 Å². The number of fused-ring (bicyclic) bond motifs is 13. The average Bonchev–Trinajstić information content (AvgIpc) is 3.59. The highest BCUT2D eigenvalue weighted by atomic mass is 32.1. The van der Waals surface area contributed by atoms with E-state index < -0.39 is 5.41 Å². The number of hydrogen-bond donors (Lipinski definition) is 0. The predicted molar refractivity (Wildman–Crippen MR) is 204 cm³/mol. The molecule has 50 heavy (non-hydrogen) atoms. The molecule has 3 nitrogen and oxygen atoms in total. The predicted octanol–water partition coefficient (Wildman–Crippen LogP) is 9.80. The number of hydrogen-bond acceptors (Lipinski definition) is 4. The minimum absolute atomic E-state index is 0.524. The van der Waals surface area contributed by atoms with E-state index in [0.717, 1.165) is 28.3 Å². The third-order valence-corrected chi connectivity index (χ3v) is 11.9. The SMILES string of the molecule is c1ccc(C2=NCC(c3ccc4c(c3)-c3cc5ccccc5cc3C43c4ccccc4Oc4ccccc43)=c3sc4ccccc4c3=N2)cc1. The van der Waals surface area contributed by atoms with Crippen LogP contribution < -0.4 is 14.6 Å². The Kier molecular flexibility index (Phi) is 5.81. The molecule has 1 spiro atoms. The lowest BCUT2D eigenvalue weighted by molar-refractivity contribution is 0.436. The van der Waals surface area contributed by atoms with Crippen LogP contribution in [0.3, 0.4) is 0 Å². The lowest BCUT2D eigenvalue weighted by atomic mass is 9.66. The third kappa shape index (κ3) is 3.80. The number of benzene rings is 7. The van der Waals surface area contributed by atoms with Crippen LogP contribution in [0.25, 0.3) is 37.6 Å². The summed E-state index contributed by atoms with van der Waals surface area (Å²) in [4.78, 5) is 10.4. The fourth-order valence-corrected chi connectivity index (χ4v) is 9.65. The quantitative estimate of drug-likeness (QED) is 0.182. The summed E-state index contributed by atoms with van der Waals surface area (Å²) in [6, 6.07) is 56.7. The van der Waals surface area contributed by atoms with Crippen molar-refractivity contribution >= 4 is 43.6 Å². The number of rotatable bonds is 2. The van der Waals surface area contributed by atoms with Gasteiger partial charge in [0.05, 0.1) is 21.8 Å². The molecule has 3 aliphatic rings. The van der Waals surface area contributed by atoms with Crippen LogP contribution >= 0.6 is 11.3 Å². The minimum atomic E-state index is -0.524. The van der Waals surface area contributed by atoms with Crippen molar-refractivity contribution in [3.8, 4) is 22.6 Å². The molecule has 0 saturated heterocycles. The summed E-state index contributed by atoms with van der Waals surface area (Å²) in [7, 11) is 0. The number of para-hydroxylation sites is 2. The van der Waals surface area contributed by atoms with Crippen molar-refractivity contribution in [1.29, 1.82) is 0 Å². The number of ether oxygens (including phenoxy) is 1. The molecule has 234 valence electrons. The Morgan fingerprint density at radius 2 is 1.20 bits per heavy atom. The highest BCUT2D eigenvalue weighted by molar-refractivity contribution is 7.17. The van der Waals surface area contributed by atoms with E-state index in [9.17, 15) is 0 Å². The van der Waals surface area contributed by atoms with Gasteiger partial charge in [0.15, 0.2) is 5.84 Å². The Bertz CT molecular complexity index is 2840. The summed E-state index contributed by atoms with van der Waals surface area (Å²) in [6.07, 6.45) is 0. The van der Waals surface area contributed by atoms with E-state index in [1.54, 1.807) is 0 Å². The van der Waals surface area contributed by atoms with Crippen LogP contribution in [0.1, 0.15) is 33.4 Å². The molecule has 0 fully saturated rings. The van der Waals surface area contributed by atoms with Crippen molar-refractivity contribution in [3.63, 3.8) is 0 Å². The largest absolute Gasteiger partial charge is 0.457 e. The Morgan fingerprint density at radius 3 is 2.00 bits per heavy atom. The molecule has 0 bridgehead atoms. The maximum Gasteiger partial charge on any atom is 0.155 e. The molecule has 0 saturated carbocycles. The van der Waals surface area contributed by atoms with Gasteiger partial charge in [-0.05, 0) is 75.0 Å². The Morgan fingerprint density at radius 1 is 0.540 bits per heavy atom. The summed E-state index contributed by atoms with van der Waals surface area (Å²) in [5.41, 5.74) is 10.3. The monoisotopic (exact) mass is 656 g/mol. The first-order valence-electron chi connectivity index (χ1n) is 17.0. The fraction of sp³-hybridized carbons (Fsp3) is 0.0435. The second-order valence-electron chi connectivity index (χ2n) is 13.2. The van der Waals surface area contributed by atoms with Gasteiger partial charge in [-0.1, -0.05) is 121 Å². The van der Waals surface area contributed by atoms with Gasteiger partial charge in [-0.25, -0.2) is 4.99 Å². The Hall–Kier alpha value is -6.10. The van der Waals surface area contributed by atoms with Crippen LogP contribution in [0.2, 0.25) is 0 Å². The molecule has 1 aromatic heterocycles. The van der Waals surface area contributed by atoms with Crippen molar-refractivity contribution in [2.45, 2.75) is 5.41 Å². The highest BCUT2D eigenvalue weighted by Gasteiger charge is 2.51. The molecule has 11 rings (SSSR count). The minimum Gasteiger partial charge on any atom is -0.457 e. The number of amidine groups is 1. The summed E-state index contributed by atoms with van der Waals surface area (Å²) >= 11 is 1.82. The first-order chi connectivity index (χ1) is 24.8. The first-order valence-corrected chi connectivity index (χ1v) is 17.8. The molecule has 0 amide bonds. The third-order valence-electron chi connectivity index (χ3n) is 10.6. The Balaban J connectivity index is 1.22. The molecule has 3 heterocycles. The molecule has 4 heteroatoms. The molecule has 0 atom stereocenters. The van der Waals surface area contributed by atoms with Gasteiger partial charge in [-0.2, -0.15) is 0 Å². The van der Waals surface area contributed by atoms with Crippen LogP contribution in [-0.2, 0) is 5.41 Å². The average molecular weight is 657 g/mol. The van der Waals surface area contributed by atoms with Crippen LogP contribution in [0.5, 0.6) is 11.5 Å². The van der Waals surface area contributed by atoms with Crippen LogP contribution in [0, 0.1) is 0 Å². The maximum absolute atomic E-state index is 6.60. The molecule has 7 aromatic carbocycles. The molecular weight excluding hydrogens is 629 g/mol. The van der Waals surface area contributed by atoms with Gasteiger partial charge in [0.25, 0.3) is 0 Å². The van der Waals surface area contributed by atoms with Gasteiger partial charge in [0.2, 0.25) is 0 Å². The summed E-state index contributed by atoms with van der Waals surface area (Å²) < 4.78 is 9.03. The molecule has 1 aliphatic carbocycles. The molecule has 8 aromatic rings. The van der Waals surface area contributed by atoms with Gasteiger partial charge < -0.3 is 4.74 Å². The van der Waals surface area contributed by atoms with Gasteiger partial charge in [0.1, 0.15) is 11.5 Å². The van der Waals surface area contributed by atoms with E-state index in [2.05, 4.69) is 152 Å². The van der Waals surface area contributed by atoms with Crippen LogP contribution in [0.4, 0.5) is 0 Å². The van der Waals surface area contributed by atoms with Crippen LogP contribution in [-0.4, -0.2) is 12.4 Å². The molecular formula is C46H28N2OS. The molecule has 0 N–H and O–H groups in total. The molecule has 0 unspecified atom stereocenters. The van der Waals surface area contributed by atoms with E-state index >= 15 is 0 Å². The second kappa shape index (κ2) is 10.4. The zero-order chi connectivity index (χ0) is 32.8. The van der Waals surface area contributed by atoms with Gasteiger partial charge >= 0.3 is 0 Å². The fourth-order valence-electron chi connectivity index (χ4n) is 8.45. The second-order valence-corrected chi connectivity index (χ2v) is 14.3. The van der Waals surface area contributed by atoms with Crippen molar-refractivity contribution in [2.24, 2.45) is 9.98 Å².